The molecule has 0 saturated carbocycles. The number of aryl methyl sites for hydroxylation is 1. The van der Waals surface area contributed by atoms with E-state index in [4.69, 9.17) is 9.47 Å². The molecule has 0 aliphatic carbocycles. The van der Waals surface area contributed by atoms with Gasteiger partial charge < -0.3 is 25.0 Å². The minimum atomic E-state index is -0.531. The lowest BCUT2D eigenvalue weighted by molar-refractivity contribution is -0.138. The number of urea groups is 1. The summed E-state index contributed by atoms with van der Waals surface area (Å²) < 4.78 is 10.6. The van der Waals surface area contributed by atoms with E-state index in [0.29, 0.717) is 30.2 Å². The highest BCUT2D eigenvalue weighted by Gasteiger charge is 2.47. The Hall–Kier alpha value is -3.59. The Morgan fingerprint density at radius 2 is 1.88 bits per heavy atom. The molecule has 0 aromatic heterocycles. The number of piperidine rings is 1. The second-order valence-corrected chi connectivity index (χ2v) is 8.58. The van der Waals surface area contributed by atoms with Gasteiger partial charge in [-0.3, -0.25) is 14.5 Å². The number of anilines is 1. The maximum absolute atomic E-state index is 13.5. The SMILES string of the molecule is COc1ccc(OC)c(NC(=O)CN2C(=O)N(Cc3ccc(C)cc3)C(=O)C3NCCCC32)c1. The Labute approximate surface area is 199 Å². The molecule has 2 N–H and O–H groups in total. The third-order valence-corrected chi connectivity index (χ3v) is 6.29. The minimum Gasteiger partial charge on any atom is -0.497 e. The zero-order valence-electron chi connectivity index (χ0n) is 19.7. The molecule has 2 aromatic rings. The highest BCUT2D eigenvalue weighted by molar-refractivity contribution is 6.03. The van der Waals surface area contributed by atoms with Crippen molar-refractivity contribution in [3.63, 3.8) is 0 Å². The number of ether oxygens (including phenoxy) is 2. The van der Waals surface area contributed by atoms with E-state index in [0.717, 1.165) is 17.5 Å². The molecule has 2 fully saturated rings. The fraction of sp³-hybridized carbons (Fsp3) is 0.400. The van der Waals surface area contributed by atoms with Crippen LogP contribution in [-0.4, -0.2) is 67.0 Å². The van der Waals surface area contributed by atoms with Gasteiger partial charge in [-0.15, -0.1) is 0 Å². The van der Waals surface area contributed by atoms with Crippen molar-refractivity contribution in [3.05, 3.63) is 53.6 Å². The molecule has 4 amide bonds. The molecule has 0 radical (unpaired) electrons. The number of hydrogen-bond acceptors (Lipinski definition) is 6. The van der Waals surface area contributed by atoms with Gasteiger partial charge in [0, 0.05) is 6.07 Å². The third kappa shape index (κ3) is 4.84. The first-order valence-electron chi connectivity index (χ1n) is 11.3. The van der Waals surface area contributed by atoms with E-state index in [1.165, 1.54) is 24.0 Å². The van der Waals surface area contributed by atoms with Gasteiger partial charge in [0.1, 0.15) is 24.1 Å². The number of carbonyl (C=O) groups is 3. The van der Waals surface area contributed by atoms with Crippen molar-refractivity contribution in [1.82, 2.24) is 15.1 Å². The van der Waals surface area contributed by atoms with Crippen molar-refractivity contribution in [2.45, 2.75) is 38.4 Å². The van der Waals surface area contributed by atoms with E-state index in [1.54, 1.807) is 18.2 Å². The lowest BCUT2D eigenvalue weighted by atomic mass is 9.93. The van der Waals surface area contributed by atoms with Crippen molar-refractivity contribution in [2.24, 2.45) is 0 Å². The summed E-state index contributed by atoms with van der Waals surface area (Å²) >= 11 is 0. The molecular formula is C25H30N4O5. The number of carbonyl (C=O) groups excluding carboxylic acids is 3. The van der Waals surface area contributed by atoms with Gasteiger partial charge in [0.2, 0.25) is 11.8 Å². The van der Waals surface area contributed by atoms with Crippen LogP contribution in [0.2, 0.25) is 0 Å². The van der Waals surface area contributed by atoms with E-state index >= 15 is 0 Å². The standard InChI is InChI=1S/C25H30N4O5/c1-16-6-8-17(9-7-16)14-29-24(31)23-20(5-4-12-26-23)28(25(29)32)15-22(30)27-19-13-18(33-2)10-11-21(19)34-3/h6-11,13,20,23,26H,4-5,12,14-15H2,1-3H3,(H,27,30). The second-order valence-electron chi connectivity index (χ2n) is 8.58. The van der Waals surface area contributed by atoms with E-state index in [1.807, 2.05) is 31.2 Å². The van der Waals surface area contributed by atoms with E-state index in [-0.39, 0.29) is 30.9 Å². The number of amides is 4. The highest BCUT2D eigenvalue weighted by Crippen LogP contribution is 2.30. The van der Waals surface area contributed by atoms with Crippen LogP contribution in [0.4, 0.5) is 10.5 Å². The largest absolute Gasteiger partial charge is 0.497 e. The number of nitrogens with one attached hydrogen (secondary N) is 2. The van der Waals surface area contributed by atoms with Gasteiger partial charge in [-0.1, -0.05) is 29.8 Å². The number of nitrogens with zero attached hydrogens (tertiary/aromatic N) is 2. The Morgan fingerprint density at radius 3 is 2.59 bits per heavy atom. The molecule has 0 bridgehead atoms. The minimum absolute atomic E-state index is 0.157. The van der Waals surface area contributed by atoms with Crippen LogP contribution in [0.15, 0.2) is 42.5 Å². The molecule has 2 heterocycles. The topological polar surface area (TPSA) is 100 Å². The molecule has 2 aromatic carbocycles. The van der Waals surface area contributed by atoms with E-state index in [2.05, 4.69) is 10.6 Å². The summed E-state index contributed by atoms with van der Waals surface area (Å²) in [7, 11) is 3.05. The summed E-state index contributed by atoms with van der Waals surface area (Å²) in [6, 6.07) is 11.4. The number of methoxy groups -OCH3 is 2. The van der Waals surface area contributed by atoms with Crippen LogP contribution in [-0.2, 0) is 16.1 Å². The molecule has 9 heteroatoms. The molecule has 2 aliphatic heterocycles. The summed E-state index contributed by atoms with van der Waals surface area (Å²) in [5, 5.41) is 6.07. The second kappa shape index (κ2) is 10.1. The van der Waals surface area contributed by atoms with Crippen molar-refractivity contribution < 1.29 is 23.9 Å². The van der Waals surface area contributed by atoms with Crippen LogP contribution in [0.1, 0.15) is 24.0 Å². The van der Waals surface area contributed by atoms with Crippen LogP contribution >= 0.6 is 0 Å². The van der Waals surface area contributed by atoms with Gasteiger partial charge in [0.25, 0.3) is 0 Å². The van der Waals surface area contributed by atoms with Crippen LogP contribution in [0.25, 0.3) is 0 Å². The summed E-state index contributed by atoms with van der Waals surface area (Å²) in [5.74, 6) is 0.416. The molecule has 34 heavy (non-hydrogen) atoms. The van der Waals surface area contributed by atoms with Gasteiger partial charge in [0.15, 0.2) is 0 Å². The van der Waals surface area contributed by atoms with Crippen molar-refractivity contribution >= 4 is 23.5 Å². The van der Waals surface area contributed by atoms with Gasteiger partial charge in [-0.2, -0.15) is 0 Å². The third-order valence-electron chi connectivity index (χ3n) is 6.29. The normalized spacial score (nSPS) is 20.1. The molecule has 9 nitrogen and oxygen atoms in total. The molecule has 2 saturated heterocycles. The number of benzene rings is 2. The fourth-order valence-electron chi connectivity index (χ4n) is 4.48. The summed E-state index contributed by atoms with van der Waals surface area (Å²) in [6.07, 6.45) is 1.48. The van der Waals surface area contributed by atoms with Crippen LogP contribution in [0.5, 0.6) is 11.5 Å². The summed E-state index contributed by atoms with van der Waals surface area (Å²) in [5.41, 5.74) is 2.40. The maximum atomic E-state index is 13.5. The van der Waals surface area contributed by atoms with Gasteiger partial charge in [-0.05, 0) is 44.0 Å². The van der Waals surface area contributed by atoms with Crippen LogP contribution < -0.4 is 20.1 Å². The van der Waals surface area contributed by atoms with E-state index in [9.17, 15) is 14.4 Å². The average molecular weight is 467 g/mol. The van der Waals surface area contributed by atoms with E-state index < -0.39 is 12.1 Å². The summed E-state index contributed by atoms with van der Waals surface area (Å²) in [4.78, 5) is 42.4. The summed E-state index contributed by atoms with van der Waals surface area (Å²) in [6.45, 7) is 2.65. The predicted octanol–water partition coefficient (Wildman–Crippen LogP) is 2.54. The molecule has 0 spiro atoms. The lowest BCUT2D eigenvalue weighted by Gasteiger charge is -2.46. The quantitative estimate of drug-likeness (QED) is 0.651. The van der Waals surface area contributed by atoms with Crippen molar-refractivity contribution in [1.29, 1.82) is 0 Å². The highest BCUT2D eigenvalue weighted by atomic mass is 16.5. The predicted molar refractivity (Wildman–Crippen MR) is 127 cm³/mol. The Morgan fingerprint density at radius 1 is 1.12 bits per heavy atom. The number of fused-ring (bicyclic) bond motifs is 1. The molecule has 4 rings (SSSR count). The Balaban J connectivity index is 1.55. The first-order valence-corrected chi connectivity index (χ1v) is 11.3. The molecule has 2 atom stereocenters. The number of imide groups is 1. The molecule has 2 unspecified atom stereocenters. The zero-order valence-corrected chi connectivity index (χ0v) is 19.7. The van der Waals surface area contributed by atoms with Crippen LogP contribution in [0.3, 0.4) is 0 Å². The molecule has 180 valence electrons. The van der Waals surface area contributed by atoms with Gasteiger partial charge in [-0.25, -0.2) is 4.79 Å². The molecule has 2 aliphatic rings. The fourth-order valence-corrected chi connectivity index (χ4v) is 4.48. The molecular weight excluding hydrogens is 436 g/mol. The van der Waals surface area contributed by atoms with Gasteiger partial charge in [0.05, 0.1) is 32.5 Å². The first kappa shape index (κ1) is 23.6. The lowest BCUT2D eigenvalue weighted by Crippen LogP contribution is -2.70. The van der Waals surface area contributed by atoms with Crippen molar-refractivity contribution in [3.8, 4) is 11.5 Å². The average Bonchev–Trinajstić information content (AvgIpc) is 2.85. The van der Waals surface area contributed by atoms with Crippen LogP contribution in [0, 0.1) is 6.92 Å². The number of hydrogen-bond donors (Lipinski definition) is 2. The first-order chi connectivity index (χ1) is 16.4. The smallest absolute Gasteiger partial charge is 0.327 e. The maximum Gasteiger partial charge on any atom is 0.327 e. The Kier molecular flexibility index (Phi) is 7.02. The number of rotatable bonds is 7. The Bertz CT molecular complexity index is 1070. The van der Waals surface area contributed by atoms with Gasteiger partial charge >= 0.3 is 6.03 Å². The zero-order chi connectivity index (χ0) is 24.2. The monoisotopic (exact) mass is 466 g/mol. The van der Waals surface area contributed by atoms with Crippen molar-refractivity contribution in [2.75, 3.05) is 32.6 Å².